The molecular formula is C38H45NO6. The summed E-state index contributed by atoms with van der Waals surface area (Å²) in [5.74, 6) is 0.886. The molecule has 1 aliphatic heterocycles. The molecule has 5 rings (SSSR count). The molecule has 1 aliphatic rings. The van der Waals surface area contributed by atoms with E-state index in [2.05, 4.69) is 42.5 Å². The van der Waals surface area contributed by atoms with Crippen molar-refractivity contribution in [3.05, 3.63) is 114 Å². The maximum atomic E-state index is 13.0. The molecule has 4 aromatic rings. The predicted octanol–water partition coefficient (Wildman–Crippen LogP) is 7.76. The number of nitrogens with zero attached hydrogens (tertiary/aromatic N) is 1. The minimum atomic E-state index is -0.555. The number of hydrogen-bond acceptors (Lipinski definition) is 6. The molecular weight excluding hydrogens is 566 g/mol. The third-order valence-electron chi connectivity index (χ3n) is 7.91. The Balaban J connectivity index is 1.24. The van der Waals surface area contributed by atoms with Crippen molar-refractivity contribution in [2.75, 3.05) is 33.4 Å². The van der Waals surface area contributed by atoms with Gasteiger partial charge in [-0.05, 0) is 72.9 Å². The van der Waals surface area contributed by atoms with E-state index < -0.39 is 5.60 Å². The van der Waals surface area contributed by atoms with Crippen LogP contribution in [-0.4, -0.2) is 62.2 Å². The van der Waals surface area contributed by atoms with Crippen LogP contribution in [0.5, 0.6) is 5.75 Å². The second-order valence-electron chi connectivity index (χ2n) is 12.6. The van der Waals surface area contributed by atoms with Crippen LogP contribution in [0.1, 0.15) is 49.8 Å². The Morgan fingerprint density at radius 1 is 0.844 bits per heavy atom. The summed E-state index contributed by atoms with van der Waals surface area (Å²) in [6.45, 7) is 8.52. The van der Waals surface area contributed by atoms with Gasteiger partial charge in [-0.15, -0.1) is 0 Å². The summed E-state index contributed by atoms with van der Waals surface area (Å²) < 4.78 is 29.8. The van der Waals surface area contributed by atoms with Crippen LogP contribution in [0, 0.1) is 0 Å². The second-order valence-corrected chi connectivity index (χ2v) is 12.6. The molecule has 0 aromatic heterocycles. The number of likely N-dealkylation sites (tertiary alicyclic amines) is 1. The summed E-state index contributed by atoms with van der Waals surface area (Å²) in [5, 5.41) is 2.38. The van der Waals surface area contributed by atoms with Gasteiger partial charge in [-0.25, -0.2) is 4.79 Å². The van der Waals surface area contributed by atoms with Crippen LogP contribution in [0.25, 0.3) is 10.8 Å². The van der Waals surface area contributed by atoms with Crippen LogP contribution >= 0.6 is 0 Å². The number of hydrogen-bond donors (Lipinski definition) is 0. The molecule has 0 spiro atoms. The van der Waals surface area contributed by atoms with Gasteiger partial charge < -0.3 is 28.6 Å². The number of methoxy groups -OCH3 is 1. The first-order chi connectivity index (χ1) is 21.8. The van der Waals surface area contributed by atoms with Gasteiger partial charge in [0.1, 0.15) is 24.1 Å². The Hall–Kier alpha value is -3.91. The van der Waals surface area contributed by atoms with Gasteiger partial charge in [0.2, 0.25) is 0 Å². The number of benzene rings is 4. The summed E-state index contributed by atoms with van der Waals surface area (Å²) >= 11 is 0. The van der Waals surface area contributed by atoms with Crippen molar-refractivity contribution in [2.45, 2.75) is 64.1 Å². The molecule has 3 atom stereocenters. The monoisotopic (exact) mass is 611 g/mol. The Morgan fingerprint density at radius 3 is 2.31 bits per heavy atom. The lowest BCUT2D eigenvalue weighted by molar-refractivity contribution is -0.0360. The topological polar surface area (TPSA) is 66.5 Å². The third kappa shape index (κ3) is 9.54. The number of carbonyl (C=O) groups excluding carboxylic acids is 1. The second kappa shape index (κ2) is 15.4. The molecule has 238 valence electrons. The predicted molar refractivity (Wildman–Crippen MR) is 177 cm³/mol. The number of amides is 1. The average Bonchev–Trinajstić information content (AvgIpc) is 3.05. The first-order valence-corrected chi connectivity index (χ1v) is 15.7. The van der Waals surface area contributed by atoms with E-state index in [9.17, 15) is 4.79 Å². The van der Waals surface area contributed by atoms with Crippen molar-refractivity contribution in [3.8, 4) is 5.75 Å². The van der Waals surface area contributed by atoms with Crippen LogP contribution in [0.3, 0.4) is 0 Å². The van der Waals surface area contributed by atoms with Crippen molar-refractivity contribution < 1.29 is 28.5 Å². The van der Waals surface area contributed by atoms with E-state index >= 15 is 0 Å². The molecule has 3 unspecified atom stereocenters. The largest absolute Gasteiger partial charge is 0.491 e. The zero-order valence-electron chi connectivity index (χ0n) is 26.8. The molecule has 0 saturated carbocycles. The highest BCUT2D eigenvalue weighted by molar-refractivity contribution is 5.82. The number of rotatable bonds is 12. The molecule has 1 heterocycles. The molecule has 0 radical (unpaired) electrons. The van der Waals surface area contributed by atoms with E-state index in [0.717, 1.165) is 28.9 Å². The van der Waals surface area contributed by atoms with Crippen LogP contribution < -0.4 is 4.74 Å². The summed E-state index contributed by atoms with van der Waals surface area (Å²) in [5.41, 5.74) is 2.81. The molecule has 7 heteroatoms. The Bertz CT molecular complexity index is 1500. The van der Waals surface area contributed by atoms with Gasteiger partial charge in [0.05, 0.1) is 32.5 Å². The Morgan fingerprint density at radius 2 is 1.58 bits per heavy atom. The number of piperidine rings is 1. The quantitative estimate of drug-likeness (QED) is 0.163. The van der Waals surface area contributed by atoms with Gasteiger partial charge in [0, 0.05) is 19.6 Å². The lowest BCUT2D eigenvalue weighted by atomic mass is 9.87. The fourth-order valence-electron chi connectivity index (χ4n) is 5.61. The van der Waals surface area contributed by atoms with E-state index in [4.69, 9.17) is 23.7 Å². The Labute approximate surface area is 267 Å². The number of carbonyl (C=O) groups is 1. The molecule has 0 N–H and O–H groups in total. The molecule has 7 nitrogen and oxygen atoms in total. The Kier molecular flexibility index (Phi) is 11.1. The van der Waals surface area contributed by atoms with E-state index in [1.165, 1.54) is 10.8 Å². The summed E-state index contributed by atoms with van der Waals surface area (Å²) in [6, 6.07) is 33.0. The zero-order chi connectivity index (χ0) is 31.6. The molecule has 4 aromatic carbocycles. The van der Waals surface area contributed by atoms with Crippen molar-refractivity contribution in [1.29, 1.82) is 0 Å². The van der Waals surface area contributed by atoms with Gasteiger partial charge in [-0.2, -0.15) is 0 Å². The van der Waals surface area contributed by atoms with Crippen molar-refractivity contribution >= 4 is 16.9 Å². The summed E-state index contributed by atoms with van der Waals surface area (Å²) in [4.78, 5) is 14.8. The first-order valence-electron chi connectivity index (χ1n) is 15.7. The highest BCUT2D eigenvalue weighted by Gasteiger charge is 2.35. The van der Waals surface area contributed by atoms with E-state index in [1.807, 2.05) is 75.4 Å². The van der Waals surface area contributed by atoms with Crippen LogP contribution in [-0.2, 0) is 32.2 Å². The van der Waals surface area contributed by atoms with Gasteiger partial charge >= 0.3 is 6.09 Å². The number of fused-ring (bicyclic) bond motifs is 1. The van der Waals surface area contributed by atoms with Gasteiger partial charge in [0.15, 0.2) is 0 Å². The maximum Gasteiger partial charge on any atom is 0.410 e. The van der Waals surface area contributed by atoms with Gasteiger partial charge in [-0.1, -0.05) is 78.9 Å². The fraction of sp³-hybridized carbons (Fsp3) is 0.395. The lowest BCUT2D eigenvalue weighted by Gasteiger charge is -2.39. The van der Waals surface area contributed by atoms with E-state index in [-0.39, 0.29) is 24.2 Å². The van der Waals surface area contributed by atoms with Gasteiger partial charge in [0.25, 0.3) is 0 Å². The zero-order valence-corrected chi connectivity index (χ0v) is 26.8. The van der Waals surface area contributed by atoms with Crippen LogP contribution in [0.15, 0.2) is 97.1 Å². The minimum Gasteiger partial charge on any atom is -0.491 e. The minimum absolute atomic E-state index is 0.119. The molecule has 0 bridgehead atoms. The van der Waals surface area contributed by atoms with Crippen molar-refractivity contribution in [3.63, 3.8) is 0 Å². The van der Waals surface area contributed by atoms with E-state index in [1.54, 1.807) is 12.0 Å². The standard InChI is InChI=1S/C38H45NO6/c1-38(2,3)45-37(40)39-21-20-35(36(23-39)44-25-29-14-15-30-12-8-9-13-32(30)22-29)31-16-18-33(19-17-31)43-27-34(26-41-4)42-24-28-10-6-5-7-11-28/h5-19,22,34-36H,20-21,23-27H2,1-4H3. The highest BCUT2D eigenvalue weighted by Crippen LogP contribution is 2.33. The maximum absolute atomic E-state index is 13.0. The third-order valence-corrected chi connectivity index (χ3v) is 7.91. The highest BCUT2D eigenvalue weighted by atomic mass is 16.6. The molecule has 1 fully saturated rings. The molecule has 1 saturated heterocycles. The summed E-state index contributed by atoms with van der Waals surface area (Å²) in [6.07, 6.45) is 0.0801. The van der Waals surface area contributed by atoms with Crippen LogP contribution in [0.2, 0.25) is 0 Å². The average molecular weight is 612 g/mol. The normalized spacial score (nSPS) is 17.6. The molecule has 1 amide bonds. The molecule has 45 heavy (non-hydrogen) atoms. The first kappa shape index (κ1) is 32.5. The van der Waals surface area contributed by atoms with Crippen LogP contribution in [0.4, 0.5) is 4.79 Å². The van der Waals surface area contributed by atoms with Crippen molar-refractivity contribution in [1.82, 2.24) is 4.90 Å². The fourth-order valence-corrected chi connectivity index (χ4v) is 5.61. The van der Waals surface area contributed by atoms with Gasteiger partial charge in [-0.3, -0.25) is 0 Å². The van der Waals surface area contributed by atoms with Crippen molar-refractivity contribution in [2.24, 2.45) is 0 Å². The SMILES string of the molecule is COCC(COc1ccc(C2CCN(C(=O)OC(C)(C)C)CC2OCc2ccc3ccccc3c2)cc1)OCc1ccccc1. The van der Waals surface area contributed by atoms with E-state index in [0.29, 0.717) is 39.5 Å². The lowest BCUT2D eigenvalue weighted by Crippen LogP contribution is -2.48. The number of ether oxygens (including phenoxy) is 5. The smallest absolute Gasteiger partial charge is 0.410 e. The molecule has 0 aliphatic carbocycles. The summed E-state index contributed by atoms with van der Waals surface area (Å²) in [7, 11) is 1.67.